The molecule has 2 N–H and O–H groups in total. The van der Waals surface area contributed by atoms with E-state index in [1.54, 1.807) is 6.20 Å². The van der Waals surface area contributed by atoms with Gasteiger partial charge in [-0.25, -0.2) is 9.78 Å². The summed E-state index contributed by atoms with van der Waals surface area (Å²) in [6, 6.07) is 4.10. The molecule has 0 unspecified atom stereocenters. The van der Waals surface area contributed by atoms with Crippen LogP contribution < -0.4 is 15.5 Å². The van der Waals surface area contributed by atoms with Crippen molar-refractivity contribution in [3.63, 3.8) is 0 Å². The molecule has 1 aliphatic rings. The summed E-state index contributed by atoms with van der Waals surface area (Å²) in [6.45, 7) is 9.01. The maximum absolute atomic E-state index is 11.9. The van der Waals surface area contributed by atoms with Gasteiger partial charge in [0.15, 0.2) is 0 Å². The van der Waals surface area contributed by atoms with E-state index in [0.717, 1.165) is 45.0 Å². The summed E-state index contributed by atoms with van der Waals surface area (Å²) < 4.78 is 5.34. The number of likely N-dealkylation sites (N-methyl/N-ethyl adjacent to an activating group) is 1. The maximum atomic E-state index is 11.9. The lowest BCUT2D eigenvalue weighted by molar-refractivity contribution is 0.122. The van der Waals surface area contributed by atoms with Gasteiger partial charge < -0.3 is 19.9 Å². The second-order valence-corrected chi connectivity index (χ2v) is 6.12. The van der Waals surface area contributed by atoms with Crippen molar-refractivity contribution in [2.45, 2.75) is 26.3 Å². The number of aromatic nitrogens is 1. The minimum Gasteiger partial charge on any atom is -0.378 e. The minimum absolute atomic E-state index is 0.223. The van der Waals surface area contributed by atoms with Gasteiger partial charge in [0.25, 0.3) is 0 Å². The molecule has 0 bridgehead atoms. The topological polar surface area (TPSA) is 69.7 Å². The first-order valence-electron chi connectivity index (χ1n) is 8.64. The Morgan fingerprint density at radius 2 is 2.17 bits per heavy atom. The number of carbonyl (C=O) groups is 1. The van der Waals surface area contributed by atoms with Gasteiger partial charge in [-0.05, 0) is 32.5 Å². The molecule has 7 nitrogen and oxygen atoms in total. The molecule has 1 fully saturated rings. The number of urea groups is 1. The van der Waals surface area contributed by atoms with Gasteiger partial charge in [0, 0.05) is 32.2 Å². The highest BCUT2D eigenvalue weighted by Crippen LogP contribution is 2.16. The fourth-order valence-electron chi connectivity index (χ4n) is 2.51. The van der Waals surface area contributed by atoms with Crippen molar-refractivity contribution >= 4 is 17.5 Å². The minimum atomic E-state index is -0.223. The maximum Gasteiger partial charge on any atom is 0.320 e. The van der Waals surface area contributed by atoms with Crippen molar-refractivity contribution in [3.8, 4) is 0 Å². The third kappa shape index (κ3) is 5.65. The van der Waals surface area contributed by atoms with Crippen LogP contribution in [0.2, 0.25) is 0 Å². The summed E-state index contributed by atoms with van der Waals surface area (Å²) in [6.07, 6.45) is 2.89. The fraction of sp³-hybridized carbons (Fsp3) is 0.647. The molecule has 134 valence electrons. The molecular weight excluding hydrogens is 306 g/mol. The predicted octanol–water partition coefficient (Wildman–Crippen LogP) is 1.77. The van der Waals surface area contributed by atoms with E-state index in [1.807, 2.05) is 12.1 Å². The standard InChI is InChI=1S/C17H29N5O2/c1-4-14(2)21(3)8-7-18-17(23)20-16-6-5-15(13-19-16)22-9-11-24-12-10-22/h5-6,13-14H,4,7-12H2,1-3H3,(H2,18,19,20,23)/t14-/m1/s1. The number of hydrogen-bond acceptors (Lipinski definition) is 5. The molecule has 0 aliphatic carbocycles. The molecule has 0 spiro atoms. The van der Waals surface area contributed by atoms with Crippen LogP contribution in [0.4, 0.5) is 16.3 Å². The zero-order chi connectivity index (χ0) is 17.4. The van der Waals surface area contributed by atoms with E-state index in [0.29, 0.717) is 18.4 Å². The molecule has 0 aromatic carbocycles. The highest BCUT2D eigenvalue weighted by molar-refractivity contribution is 5.88. The Morgan fingerprint density at radius 3 is 2.79 bits per heavy atom. The Kier molecular flexibility index (Phi) is 7.27. The van der Waals surface area contributed by atoms with Crippen molar-refractivity contribution < 1.29 is 9.53 Å². The SMILES string of the molecule is CC[C@@H](C)N(C)CCNC(=O)Nc1ccc(N2CCOCC2)cn1. The lowest BCUT2D eigenvalue weighted by Gasteiger charge is -2.28. The summed E-state index contributed by atoms with van der Waals surface area (Å²) in [5.41, 5.74) is 1.06. The van der Waals surface area contributed by atoms with E-state index >= 15 is 0 Å². The zero-order valence-electron chi connectivity index (χ0n) is 14.9. The first-order valence-corrected chi connectivity index (χ1v) is 8.64. The van der Waals surface area contributed by atoms with Gasteiger partial charge >= 0.3 is 6.03 Å². The van der Waals surface area contributed by atoms with Crippen molar-refractivity contribution in [2.24, 2.45) is 0 Å². The molecule has 1 aliphatic heterocycles. The van der Waals surface area contributed by atoms with Crippen molar-refractivity contribution in [1.82, 2.24) is 15.2 Å². The smallest absolute Gasteiger partial charge is 0.320 e. The number of hydrogen-bond donors (Lipinski definition) is 2. The average Bonchev–Trinajstić information content (AvgIpc) is 2.62. The van der Waals surface area contributed by atoms with Crippen LogP contribution in [0.1, 0.15) is 20.3 Å². The number of anilines is 2. The van der Waals surface area contributed by atoms with E-state index in [9.17, 15) is 4.79 Å². The summed E-state index contributed by atoms with van der Waals surface area (Å²) in [5, 5.41) is 5.63. The first-order chi connectivity index (χ1) is 11.6. The van der Waals surface area contributed by atoms with E-state index in [-0.39, 0.29) is 6.03 Å². The summed E-state index contributed by atoms with van der Waals surface area (Å²) in [7, 11) is 2.07. The molecular formula is C17H29N5O2. The van der Waals surface area contributed by atoms with E-state index in [1.165, 1.54) is 0 Å². The van der Waals surface area contributed by atoms with Gasteiger partial charge in [-0.15, -0.1) is 0 Å². The van der Waals surface area contributed by atoms with Crippen LogP contribution in [0.15, 0.2) is 18.3 Å². The zero-order valence-corrected chi connectivity index (χ0v) is 14.9. The van der Waals surface area contributed by atoms with E-state index in [4.69, 9.17) is 4.74 Å². The van der Waals surface area contributed by atoms with Gasteiger partial charge in [-0.3, -0.25) is 5.32 Å². The quantitative estimate of drug-likeness (QED) is 0.795. The van der Waals surface area contributed by atoms with Crippen molar-refractivity contribution in [1.29, 1.82) is 0 Å². The van der Waals surface area contributed by atoms with Crippen LogP contribution in [-0.4, -0.2) is 68.4 Å². The molecule has 2 rings (SSSR count). The number of ether oxygens (including phenoxy) is 1. The van der Waals surface area contributed by atoms with Crippen LogP contribution in [0, 0.1) is 0 Å². The number of amides is 2. The second-order valence-electron chi connectivity index (χ2n) is 6.12. The van der Waals surface area contributed by atoms with E-state index in [2.05, 4.69) is 46.3 Å². The molecule has 2 amide bonds. The summed E-state index contributed by atoms with van der Waals surface area (Å²) >= 11 is 0. The molecule has 2 heterocycles. The Morgan fingerprint density at radius 1 is 1.42 bits per heavy atom. The van der Waals surface area contributed by atoms with Gasteiger partial charge in [0.2, 0.25) is 0 Å². The summed E-state index contributed by atoms with van der Waals surface area (Å²) in [5.74, 6) is 0.555. The van der Waals surface area contributed by atoms with Crippen LogP contribution >= 0.6 is 0 Å². The predicted molar refractivity (Wildman–Crippen MR) is 96.7 cm³/mol. The van der Waals surface area contributed by atoms with Gasteiger partial charge in [-0.2, -0.15) is 0 Å². The number of nitrogens with zero attached hydrogens (tertiary/aromatic N) is 3. The highest BCUT2D eigenvalue weighted by Gasteiger charge is 2.12. The lowest BCUT2D eigenvalue weighted by Crippen LogP contribution is -2.38. The van der Waals surface area contributed by atoms with Crippen LogP contribution in [0.25, 0.3) is 0 Å². The molecule has 1 aromatic rings. The van der Waals surface area contributed by atoms with Crippen LogP contribution in [0.3, 0.4) is 0 Å². The van der Waals surface area contributed by atoms with Crippen molar-refractivity contribution in [2.75, 3.05) is 56.7 Å². The van der Waals surface area contributed by atoms with Gasteiger partial charge in [0.1, 0.15) is 5.82 Å². The second kappa shape index (κ2) is 9.44. The van der Waals surface area contributed by atoms with E-state index < -0.39 is 0 Å². The molecule has 0 radical (unpaired) electrons. The Labute approximate surface area is 144 Å². The largest absolute Gasteiger partial charge is 0.378 e. The number of pyridine rings is 1. The highest BCUT2D eigenvalue weighted by atomic mass is 16.5. The van der Waals surface area contributed by atoms with Gasteiger partial charge in [0.05, 0.1) is 25.1 Å². The molecule has 1 aromatic heterocycles. The molecule has 1 saturated heterocycles. The number of carbonyl (C=O) groups excluding carboxylic acids is 1. The lowest BCUT2D eigenvalue weighted by atomic mass is 10.2. The first kappa shape index (κ1) is 18.5. The normalized spacial score (nSPS) is 16.1. The third-order valence-corrected chi connectivity index (χ3v) is 4.46. The Balaban J connectivity index is 1.73. The van der Waals surface area contributed by atoms with Crippen LogP contribution in [0.5, 0.6) is 0 Å². The fourth-order valence-corrected chi connectivity index (χ4v) is 2.51. The number of morpholine rings is 1. The van der Waals surface area contributed by atoms with Gasteiger partial charge in [-0.1, -0.05) is 6.92 Å². The third-order valence-electron chi connectivity index (χ3n) is 4.46. The molecule has 1 atom stereocenters. The number of nitrogens with one attached hydrogen (secondary N) is 2. The Hall–Kier alpha value is -1.86. The van der Waals surface area contributed by atoms with Crippen LogP contribution in [-0.2, 0) is 4.74 Å². The Bertz CT molecular complexity index is 502. The van der Waals surface area contributed by atoms with Crippen molar-refractivity contribution in [3.05, 3.63) is 18.3 Å². The monoisotopic (exact) mass is 335 g/mol. The molecule has 24 heavy (non-hydrogen) atoms. The number of rotatable bonds is 7. The molecule has 7 heteroatoms. The summed E-state index contributed by atoms with van der Waals surface area (Å²) in [4.78, 5) is 20.7. The average molecular weight is 335 g/mol. The molecule has 0 saturated carbocycles.